The van der Waals surface area contributed by atoms with Crippen LogP contribution in [0.1, 0.15) is 66.2 Å². The fourth-order valence-corrected chi connectivity index (χ4v) is 5.58. The summed E-state index contributed by atoms with van der Waals surface area (Å²) in [7, 11) is 0. The molecule has 0 radical (unpaired) electrons. The average molecular weight is 380 g/mol. The van der Waals surface area contributed by atoms with Gasteiger partial charge in [-0.25, -0.2) is 4.79 Å². The van der Waals surface area contributed by atoms with Gasteiger partial charge >= 0.3 is 11.9 Å². The highest BCUT2D eigenvalue weighted by Gasteiger charge is 2.72. The minimum atomic E-state index is -1.88. The summed E-state index contributed by atoms with van der Waals surface area (Å²) in [5.74, 6) is -1.40. The molecule has 0 aromatic carbocycles. The van der Waals surface area contributed by atoms with Crippen LogP contribution in [0.25, 0.3) is 0 Å². The average Bonchev–Trinajstić information content (AvgIpc) is 2.88. The van der Waals surface area contributed by atoms with E-state index >= 15 is 0 Å². The quantitative estimate of drug-likeness (QED) is 0.432. The van der Waals surface area contributed by atoms with E-state index in [1.54, 1.807) is 13.0 Å². The number of fused-ring (bicyclic) bond motifs is 3. The van der Waals surface area contributed by atoms with Crippen LogP contribution in [-0.4, -0.2) is 46.6 Å². The van der Waals surface area contributed by atoms with E-state index < -0.39 is 35.1 Å². The van der Waals surface area contributed by atoms with E-state index in [1.165, 1.54) is 0 Å². The molecule has 3 rings (SSSR count). The molecule has 0 amide bonds. The number of unbranched alkanes of at least 4 members (excludes halogenated alkanes) is 2. The highest BCUT2D eigenvalue weighted by molar-refractivity contribution is 5.88. The Morgan fingerprint density at radius 3 is 2.70 bits per heavy atom. The second-order valence-electron chi connectivity index (χ2n) is 9.19. The highest BCUT2D eigenvalue weighted by atomic mass is 16.6. The zero-order valence-electron chi connectivity index (χ0n) is 16.8. The Labute approximate surface area is 160 Å². The second-order valence-corrected chi connectivity index (χ2v) is 9.19. The smallest absolute Gasteiger partial charge is 0.343 e. The van der Waals surface area contributed by atoms with Crippen molar-refractivity contribution in [1.82, 2.24) is 0 Å². The first-order valence-corrected chi connectivity index (χ1v) is 10.1. The van der Waals surface area contributed by atoms with E-state index in [9.17, 15) is 19.8 Å². The molecule has 0 aromatic heterocycles. The topological polar surface area (TPSA) is 93.1 Å². The van der Waals surface area contributed by atoms with Crippen LogP contribution in [0.15, 0.2) is 11.6 Å². The van der Waals surface area contributed by atoms with Crippen LogP contribution in [0.2, 0.25) is 0 Å². The van der Waals surface area contributed by atoms with Crippen LogP contribution in [-0.2, 0) is 19.1 Å². The number of cyclic esters (lactones) is 1. The molecule has 5 atom stereocenters. The molecule has 6 nitrogen and oxygen atoms in total. The molecule has 6 heteroatoms. The third-order valence-electron chi connectivity index (χ3n) is 7.09. The normalized spacial score (nSPS) is 39.9. The van der Waals surface area contributed by atoms with Crippen LogP contribution in [0, 0.1) is 16.7 Å². The van der Waals surface area contributed by atoms with Gasteiger partial charge in [0.05, 0.1) is 6.10 Å². The van der Waals surface area contributed by atoms with Gasteiger partial charge in [-0.15, -0.1) is 0 Å². The Bertz CT molecular complexity index is 653. The van der Waals surface area contributed by atoms with Gasteiger partial charge in [0.1, 0.15) is 12.7 Å². The fourth-order valence-electron chi connectivity index (χ4n) is 5.58. The SMILES string of the molecule is CCCCCC(=O)O[C@H]1C=C2COC(=O)[C@]2(O)[C@]2(C)[C@H]1C(C)(C)CC[C@@H]2O. The molecule has 0 aromatic rings. The standard InChI is InChI=1S/C21H32O6/c1-5-6-7-8-16(23)27-14-11-13-12-26-18(24)21(13,25)20(4)15(22)9-10-19(2,3)17(14)20/h11,14-15,17,22,25H,5-10,12H2,1-4H3/t14-,15-,17+,20-,21-/m0/s1. The van der Waals surface area contributed by atoms with Gasteiger partial charge in [0, 0.05) is 23.3 Å². The van der Waals surface area contributed by atoms with E-state index in [0.717, 1.165) is 19.3 Å². The molecular formula is C21H32O6. The first-order valence-electron chi connectivity index (χ1n) is 10.1. The van der Waals surface area contributed by atoms with Crippen LogP contribution in [0.4, 0.5) is 0 Å². The van der Waals surface area contributed by atoms with Gasteiger partial charge in [-0.05, 0) is 30.8 Å². The number of carbonyl (C=O) groups is 2. The molecule has 1 saturated heterocycles. The highest BCUT2D eigenvalue weighted by Crippen LogP contribution is 2.63. The monoisotopic (exact) mass is 380 g/mol. The number of esters is 2. The first kappa shape index (κ1) is 20.3. The Hall–Kier alpha value is -1.40. The molecule has 2 fully saturated rings. The zero-order chi connectivity index (χ0) is 20.0. The van der Waals surface area contributed by atoms with Gasteiger partial charge < -0.3 is 19.7 Å². The molecule has 27 heavy (non-hydrogen) atoms. The Kier molecular flexibility index (Phi) is 5.19. The van der Waals surface area contributed by atoms with Crippen molar-refractivity contribution in [3.8, 4) is 0 Å². The lowest BCUT2D eigenvalue weighted by Gasteiger charge is -2.60. The van der Waals surface area contributed by atoms with Crippen molar-refractivity contribution in [2.75, 3.05) is 6.61 Å². The van der Waals surface area contributed by atoms with Crippen molar-refractivity contribution in [3.05, 3.63) is 11.6 Å². The number of aliphatic hydroxyl groups is 2. The van der Waals surface area contributed by atoms with Gasteiger partial charge in [0.15, 0.2) is 5.60 Å². The number of ether oxygens (including phenoxy) is 2. The summed E-state index contributed by atoms with van der Waals surface area (Å²) in [5.41, 5.74) is -2.99. The molecule has 2 aliphatic carbocycles. The number of carbonyl (C=O) groups excluding carboxylic acids is 2. The summed E-state index contributed by atoms with van der Waals surface area (Å²) in [6.07, 6.45) is 4.50. The minimum absolute atomic E-state index is 0.0331. The van der Waals surface area contributed by atoms with Crippen LogP contribution in [0.3, 0.4) is 0 Å². The van der Waals surface area contributed by atoms with Crippen molar-refractivity contribution in [3.63, 3.8) is 0 Å². The van der Waals surface area contributed by atoms with E-state index in [-0.39, 0.29) is 18.0 Å². The molecule has 1 heterocycles. The van der Waals surface area contributed by atoms with Crippen molar-refractivity contribution in [2.45, 2.75) is 84.0 Å². The second kappa shape index (κ2) is 6.89. The third-order valence-corrected chi connectivity index (χ3v) is 7.09. The molecule has 1 aliphatic heterocycles. The molecule has 152 valence electrons. The molecular weight excluding hydrogens is 348 g/mol. The summed E-state index contributed by atoms with van der Waals surface area (Å²) >= 11 is 0. The molecule has 0 spiro atoms. The molecule has 1 saturated carbocycles. The predicted molar refractivity (Wildman–Crippen MR) is 98.6 cm³/mol. The van der Waals surface area contributed by atoms with E-state index in [2.05, 4.69) is 6.92 Å². The first-order chi connectivity index (χ1) is 12.6. The Morgan fingerprint density at radius 2 is 2.04 bits per heavy atom. The van der Waals surface area contributed by atoms with Crippen molar-refractivity contribution in [2.24, 2.45) is 16.7 Å². The Balaban J connectivity index is 2.00. The number of hydrogen-bond donors (Lipinski definition) is 2. The molecule has 2 N–H and O–H groups in total. The number of rotatable bonds is 5. The summed E-state index contributed by atoms with van der Waals surface area (Å²) in [4.78, 5) is 24.9. The Morgan fingerprint density at radius 1 is 1.33 bits per heavy atom. The van der Waals surface area contributed by atoms with Gasteiger partial charge in [0.25, 0.3) is 0 Å². The number of aliphatic hydroxyl groups excluding tert-OH is 1. The number of hydrogen-bond acceptors (Lipinski definition) is 6. The zero-order valence-corrected chi connectivity index (χ0v) is 16.8. The molecule has 3 aliphatic rings. The van der Waals surface area contributed by atoms with Crippen molar-refractivity contribution in [1.29, 1.82) is 0 Å². The van der Waals surface area contributed by atoms with Gasteiger partial charge in [0.2, 0.25) is 0 Å². The summed E-state index contributed by atoms with van der Waals surface area (Å²) in [6.45, 7) is 7.87. The van der Waals surface area contributed by atoms with E-state index in [1.807, 2.05) is 13.8 Å². The van der Waals surface area contributed by atoms with E-state index in [0.29, 0.717) is 24.8 Å². The van der Waals surface area contributed by atoms with Gasteiger partial charge in [-0.3, -0.25) is 4.79 Å². The van der Waals surface area contributed by atoms with E-state index in [4.69, 9.17) is 9.47 Å². The van der Waals surface area contributed by atoms with Crippen LogP contribution in [0.5, 0.6) is 0 Å². The van der Waals surface area contributed by atoms with Crippen LogP contribution >= 0.6 is 0 Å². The molecule has 0 bridgehead atoms. The summed E-state index contributed by atoms with van der Waals surface area (Å²) < 4.78 is 11.0. The summed E-state index contributed by atoms with van der Waals surface area (Å²) in [6, 6.07) is 0. The lowest BCUT2D eigenvalue weighted by atomic mass is 9.45. The molecule has 0 unspecified atom stereocenters. The largest absolute Gasteiger partial charge is 0.459 e. The maximum Gasteiger partial charge on any atom is 0.343 e. The fraction of sp³-hybridized carbons (Fsp3) is 0.810. The van der Waals surface area contributed by atoms with Gasteiger partial charge in [-0.2, -0.15) is 0 Å². The third kappa shape index (κ3) is 2.92. The van der Waals surface area contributed by atoms with Crippen molar-refractivity contribution >= 4 is 11.9 Å². The summed E-state index contributed by atoms with van der Waals surface area (Å²) in [5, 5.41) is 22.3. The minimum Gasteiger partial charge on any atom is -0.459 e. The van der Waals surface area contributed by atoms with Gasteiger partial charge in [-0.1, -0.05) is 40.5 Å². The lowest BCUT2D eigenvalue weighted by molar-refractivity contribution is -0.225. The maximum atomic E-state index is 12.5. The van der Waals surface area contributed by atoms with Crippen molar-refractivity contribution < 1.29 is 29.3 Å². The predicted octanol–water partition coefficient (Wildman–Crippen LogP) is 2.51. The lowest BCUT2D eigenvalue weighted by Crippen LogP contribution is -2.69. The maximum absolute atomic E-state index is 12.5. The van der Waals surface area contributed by atoms with Crippen LogP contribution < -0.4 is 0 Å².